The van der Waals surface area contributed by atoms with Gasteiger partial charge >= 0.3 is 0 Å². The van der Waals surface area contributed by atoms with E-state index in [2.05, 4.69) is 70.4 Å². The predicted octanol–water partition coefficient (Wildman–Crippen LogP) is 4.84. The molecule has 0 atom stereocenters. The smallest absolute Gasteiger partial charge is 0.0716 e. The second-order valence-corrected chi connectivity index (χ2v) is 6.78. The Morgan fingerprint density at radius 2 is 1.81 bits per heavy atom. The summed E-state index contributed by atoms with van der Waals surface area (Å²) in [6, 6.07) is 10.5. The number of rotatable bonds is 4. The number of benzene rings is 1. The molecule has 1 aliphatic rings. The predicted molar refractivity (Wildman–Crippen MR) is 91.6 cm³/mol. The Morgan fingerprint density at radius 3 is 2.33 bits per heavy atom. The molecule has 0 spiro atoms. The first kappa shape index (κ1) is 15.6. The molecule has 0 heterocycles. The van der Waals surface area contributed by atoms with Crippen molar-refractivity contribution in [3.8, 4) is 0 Å². The van der Waals surface area contributed by atoms with Crippen molar-refractivity contribution < 1.29 is 0 Å². The quantitative estimate of drug-likeness (QED) is 0.620. The van der Waals surface area contributed by atoms with Crippen LogP contribution < -0.4 is 5.43 Å². The first-order valence-electron chi connectivity index (χ1n) is 7.62. The van der Waals surface area contributed by atoms with Crippen LogP contribution in [0.5, 0.6) is 0 Å². The van der Waals surface area contributed by atoms with E-state index in [1.165, 1.54) is 22.3 Å². The standard InChI is InChI=1S/C19H26N2/c1-14-11-12-17(15(14)2)13-18(20-21-19(3,4)5)16-9-7-6-8-10-16/h6-11,21H,12-13H2,1-5H3. The zero-order valence-electron chi connectivity index (χ0n) is 13.8. The Morgan fingerprint density at radius 1 is 1.14 bits per heavy atom. The third-order valence-corrected chi connectivity index (χ3v) is 3.79. The third kappa shape index (κ3) is 4.32. The average Bonchev–Trinajstić information content (AvgIpc) is 2.75. The normalized spacial score (nSPS) is 16.2. The van der Waals surface area contributed by atoms with Gasteiger partial charge in [0.05, 0.1) is 5.71 Å². The molecule has 1 N–H and O–H groups in total. The van der Waals surface area contributed by atoms with Crippen LogP contribution in [0.2, 0.25) is 0 Å². The fourth-order valence-electron chi connectivity index (χ4n) is 2.34. The molecule has 0 aliphatic heterocycles. The van der Waals surface area contributed by atoms with Gasteiger partial charge in [-0.05, 0) is 52.2 Å². The van der Waals surface area contributed by atoms with Crippen LogP contribution in [0.4, 0.5) is 0 Å². The molecule has 0 bridgehead atoms. The average molecular weight is 282 g/mol. The van der Waals surface area contributed by atoms with E-state index in [0.29, 0.717) is 0 Å². The van der Waals surface area contributed by atoms with Gasteiger partial charge in [-0.2, -0.15) is 5.10 Å². The molecule has 0 unspecified atom stereocenters. The van der Waals surface area contributed by atoms with Crippen molar-refractivity contribution in [2.24, 2.45) is 5.10 Å². The summed E-state index contributed by atoms with van der Waals surface area (Å²) in [4.78, 5) is 0. The van der Waals surface area contributed by atoms with Crippen molar-refractivity contribution in [3.63, 3.8) is 0 Å². The molecule has 2 nitrogen and oxygen atoms in total. The lowest BCUT2D eigenvalue weighted by Crippen LogP contribution is -2.32. The molecule has 0 saturated heterocycles. The Hall–Kier alpha value is -1.83. The first-order chi connectivity index (χ1) is 9.87. The van der Waals surface area contributed by atoms with Crippen LogP contribution in [0.25, 0.3) is 0 Å². The molecule has 2 rings (SSSR count). The molecule has 0 fully saturated rings. The van der Waals surface area contributed by atoms with Crippen LogP contribution in [0.15, 0.2) is 58.2 Å². The zero-order valence-corrected chi connectivity index (χ0v) is 13.8. The van der Waals surface area contributed by atoms with E-state index in [0.717, 1.165) is 18.6 Å². The van der Waals surface area contributed by atoms with Crippen molar-refractivity contribution in [3.05, 3.63) is 58.7 Å². The minimum atomic E-state index is -0.0205. The highest BCUT2D eigenvalue weighted by Crippen LogP contribution is 2.28. The highest BCUT2D eigenvalue weighted by atomic mass is 15.3. The van der Waals surface area contributed by atoms with E-state index < -0.39 is 0 Å². The number of hydrazone groups is 1. The lowest BCUT2D eigenvalue weighted by Gasteiger charge is -2.19. The molecule has 1 aromatic carbocycles. The van der Waals surface area contributed by atoms with E-state index >= 15 is 0 Å². The van der Waals surface area contributed by atoms with Gasteiger partial charge in [-0.25, -0.2) is 0 Å². The Bertz CT molecular complexity index is 584. The summed E-state index contributed by atoms with van der Waals surface area (Å²) < 4.78 is 0. The van der Waals surface area contributed by atoms with Gasteiger partial charge in [-0.3, -0.25) is 0 Å². The van der Waals surface area contributed by atoms with Crippen molar-refractivity contribution in [1.82, 2.24) is 5.43 Å². The van der Waals surface area contributed by atoms with Crippen molar-refractivity contribution in [2.45, 2.75) is 53.0 Å². The second kappa shape index (κ2) is 6.30. The van der Waals surface area contributed by atoms with Gasteiger partial charge in [0, 0.05) is 12.0 Å². The molecule has 2 heteroatoms. The summed E-state index contributed by atoms with van der Waals surface area (Å²) in [5.74, 6) is 0. The molecular weight excluding hydrogens is 256 g/mol. The summed E-state index contributed by atoms with van der Waals surface area (Å²) in [5, 5.41) is 4.70. The van der Waals surface area contributed by atoms with Crippen LogP contribution in [-0.4, -0.2) is 11.3 Å². The Labute approximate surface area is 128 Å². The van der Waals surface area contributed by atoms with Gasteiger partial charge in [0.1, 0.15) is 0 Å². The minimum Gasteiger partial charge on any atom is -0.305 e. The topological polar surface area (TPSA) is 24.4 Å². The molecule has 1 aromatic rings. The fraction of sp³-hybridized carbons (Fsp3) is 0.421. The molecule has 0 amide bonds. The number of hydrogen-bond donors (Lipinski definition) is 1. The van der Waals surface area contributed by atoms with Crippen molar-refractivity contribution in [2.75, 3.05) is 0 Å². The maximum absolute atomic E-state index is 4.70. The van der Waals surface area contributed by atoms with Gasteiger partial charge in [0.15, 0.2) is 0 Å². The molecule has 0 aromatic heterocycles. The summed E-state index contributed by atoms with van der Waals surface area (Å²) in [7, 11) is 0. The van der Waals surface area contributed by atoms with Gasteiger partial charge in [0.2, 0.25) is 0 Å². The van der Waals surface area contributed by atoms with Crippen LogP contribution >= 0.6 is 0 Å². The SMILES string of the molecule is CC1=CCC(CC(=NNC(C)(C)C)c2ccccc2)=C1C. The fourth-order valence-corrected chi connectivity index (χ4v) is 2.34. The molecule has 0 radical (unpaired) electrons. The number of nitrogens with zero attached hydrogens (tertiary/aromatic N) is 1. The number of hydrogen-bond acceptors (Lipinski definition) is 2. The molecule has 21 heavy (non-hydrogen) atoms. The lowest BCUT2D eigenvalue weighted by molar-refractivity contribution is 0.440. The number of allylic oxidation sites excluding steroid dienone is 4. The van der Waals surface area contributed by atoms with Crippen molar-refractivity contribution in [1.29, 1.82) is 0 Å². The summed E-state index contributed by atoms with van der Waals surface area (Å²) >= 11 is 0. The van der Waals surface area contributed by atoms with Gasteiger partial charge in [-0.1, -0.05) is 47.6 Å². The van der Waals surface area contributed by atoms with E-state index in [1.807, 2.05) is 6.07 Å². The zero-order chi connectivity index (χ0) is 15.5. The highest BCUT2D eigenvalue weighted by molar-refractivity contribution is 6.02. The summed E-state index contributed by atoms with van der Waals surface area (Å²) in [5.41, 5.74) is 9.86. The monoisotopic (exact) mass is 282 g/mol. The van der Waals surface area contributed by atoms with Crippen LogP contribution in [-0.2, 0) is 0 Å². The van der Waals surface area contributed by atoms with E-state index in [-0.39, 0.29) is 5.54 Å². The maximum Gasteiger partial charge on any atom is 0.0716 e. The first-order valence-corrected chi connectivity index (χ1v) is 7.62. The van der Waals surface area contributed by atoms with Gasteiger partial charge in [0.25, 0.3) is 0 Å². The molecule has 112 valence electrons. The molecular formula is C19H26N2. The lowest BCUT2D eigenvalue weighted by atomic mass is 9.99. The summed E-state index contributed by atoms with van der Waals surface area (Å²) in [6.07, 6.45) is 4.27. The van der Waals surface area contributed by atoms with Crippen LogP contribution in [0.3, 0.4) is 0 Å². The van der Waals surface area contributed by atoms with Gasteiger partial charge < -0.3 is 5.43 Å². The van der Waals surface area contributed by atoms with Gasteiger partial charge in [-0.15, -0.1) is 0 Å². The van der Waals surface area contributed by atoms with Crippen LogP contribution in [0, 0.1) is 0 Å². The number of nitrogens with one attached hydrogen (secondary N) is 1. The highest BCUT2D eigenvalue weighted by Gasteiger charge is 2.15. The maximum atomic E-state index is 4.70. The van der Waals surface area contributed by atoms with E-state index in [4.69, 9.17) is 5.10 Å². The minimum absolute atomic E-state index is 0.0205. The van der Waals surface area contributed by atoms with E-state index in [1.54, 1.807) is 0 Å². The van der Waals surface area contributed by atoms with Crippen molar-refractivity contribution >= 4 is 5.71 Å². The Kier molecular flexibility index (Phi) is 4.66. The molecule has 1 aliphatic carbocycles. The third-order valence-electron chi connectivity index (χ3n) is 3.79. The van der Waals surface area contributed by atoms with E-state index in [9.17, 15) is 0 Å². The second-order valence-electron chi connectivity index (χ2n) is 6.78. The van der Waals surface area contributed by atoms with Crippen LogP contribution in [0.1, 0.15) is 53.0 Å². The largest absolute Gasteiger partial charge is 0.305 e. The summed E-state index contributed by atoms with van der Waals surface area (Å²) in [6.45, 7) is 10.8. The Balaban J connectivity index is 2.26. The molecule has 0 saturated carbocycles.